The van der Waals surface area contributed by atoms with Gasteiger partial charge in [0.15, 0.2) is 5.11 Å². The Morgan fingerprint density at radius 1 is 1.20 bits per heavy atom. The first-order valence-electron chi connectivity index (χ1n) is 4.84. The summed E-state index contributed by atoms with van der Waals surface area (Å²) in [5, 5.41) is 0.476. The molecule has 0 saturated carbocycles. The third-order valence-electron chi connectivity index (χ3n) is 2.43. The van der Waals surface area contributed by atoms with Crippen LogP contribution in [0, 0.1) is 0 Å². The van der Waals surface area contributed by atoms with Crippen molar-refractivity contribution in [3.05, 3.63) is 18.5 Å². The molecular weight excluding hydrogens is 210 g/mol. The van der Waals surface area contributed by atoms with Crippen LogP contribution in [-0.4, -0.2) is 46.2 Å². The first-order valence-corrected chi connectivity index (χ1v) is 5.24. The molecule has 5 nitrogen and oxygen atoms in total. The van der Waals surface area contributed by atoms with Crippen molar-refractivity contribution in [2.45, 2.75) is 0 Å². The minimum atomic E-state index is 0.476. The molecule has 15 heavy (non-hydrogen) atoms. The summed E-state index contributed by atoms with van der Waals surface area (Å²) in [6, 6.07) is 1.81. The van der Waals surface area contributed by atoms with Gasteiger partial charge < -0.3 is 15.5 Å². The lowest BCUT2D eigenvalue weighted by Gasteiger charge is -2.34. The Kier molecular flexibility index (Phi) is 2.96. The van der Waals surface area contributed by atoms with Crippen molar-refractivity contribution < 1.29 is 0 Å². The molecule has 1 aromatic heterocycles. The fraction of sp³-hybridized carbons (Fsp3) is 0.444. The fourth-order valence-electron chi connectivity index (χ4n) is 1.58. The molecule has 2 heterocycles. The van der Waals surface area contributed by atoms with Crippen molar-refractivity contribution in [1.82, 2.24) is 14.9 Å². The first kappa shape index (κ1) is 10.1. The number of nitrogens with zero attached hydrogens (tertiary/aromatic N) is 4. The molecule has 0 aromatic carbocycles. The molecule has 2 N–H and O–H groups in total. The van der Waals surface area contributed by atoms with Crippen molar-refractivity contribution in [1.29, 1.82) is 0 Å². The maximum atomic E-state index is 5.56. The quantitative estimate of drug-likeness (QED) is 0.668. The van der Waals surface area contributed by atoms with Gasteiger partial charge >= 0.3 is 0 Å². The number of rotatable bonds is 1. The predicted octanol–water partition coefficient (Wildman–Crippen LogP) is -0.158. The minimum absolute atomic E-state index is 0.476. The highest BCUT2D eigenvalue weighted by atomic mass is 32.1. The molecule has 0 amide bonds. The van der Waals surface area contributed by atoms with E-state index in [0.717, 1.165) is 32.1 Å². The number of nitrogens with two attached hydrogens (primary N) is 1. The smallest absolute Gasteiger partial charge is 0.225 e. The van der Waals surface area contributed by atoms with Crippen molar-refractivity contribution in [3.63, 3.8) is 0 Å². The van der Waals surface area contributed by atoms with Crippen LogP contribution < -0.4 is 10.6 Å². The molecule has 1 aromatic rings. The molecule has 0 radical (unpaired) electrons. The van der Waals surface area contributed by atoms with Gasteiger partial charge in [0.05, 0.1) is 0 Å². The van der Waals surface area contributed by atoms with E-state index in [4.69, 9.17) is 18.0 Å². The zero-order valence-electron chi connectivity index (χ0n) is 8.33. The summed E-state index contributed by atoms with van der Waals surface area (Å²) in [6.07, 6.45) is 3.50. The van der Waals surface area contributed by atoms with E-state index >= 15 is 0 Å². The number of thiocarbonyl (C=S) groups is 1. The molecule has 2 rings (SSSR count). The van der Waals surface area contributed by atoms with E-state index in [1.807, 2.05) is 11.0 Å². The lowest BCUT2D eigenvalue weighted by atomic mass is 10.3. The van der Waals surface area contributed by atoms with Crippen LogP contribution in [0.5, 0.6) is 0 Å². The van der Waals surface area contributed by atoms with Crippen LogP contribution in [0.15, 0.2) is 18.5 Å². The Labute approximate surface area is 93.9 Å². The van der Waals surface area contributed by atoms with E-state index in [0.29, 0.717) is 5.11 Å². The standard InChI is InChI=1S/C9H13N5S/c10-8(15)13-4-6-14(7-5-13)9-11-2-1-3-12-9/h1-3H,4-7H2,(H2,10,15). The lowest BCUT2D eigenvalue weighted by Crippen LogP contribution is -2.50. The summed E-state index contributed by atoms with van der Waals surface area (Å²) in [5.74, 6) is 0.778. The van der Waals surface area contributed by atoms with Crippen LogP contribution in [0.25, 0.3) is 0 Å². The van der Waals surface area contributed by atoms with Crippen molar-refractivity contribution in [2.24, 2.45) is 5.73 Å². The number of hydrogen-bond acceptors (Lipinski definition) is 4. The normalized spacial score (nSPS) is 16.5. The molecular formula is C9H13N5S. The van der Waals surface area contributed by atoms with Gasteiger partial charge in [0.25, 0.3) is 0 Å². The predicted molar refractivity (Wildman–Crippen MR) is 62.6 cm³/mol. The Balaban J connectivity index is 1.97. The van der Waals surface area contributed by atoms with Gasteiger partial charge in [-0.1, -0.05) is 0 Å². The molecule has 6 heteroatoms. The van der Waals surface area contributed by atoms with Gasteiger partial charge in [-0.05, 0) is 18.3 Å². The van der Waals surface area contributed by atoms with E-state index < -0.39 is 0 Å². The summed E-state index contributed by atoms with van der Waals surface area (Å²) in [7, 11) is 0. The van der Waals surface area contributed by atoms with Gasteiger partial charge in [0.2, 0.25) is 5.95 Å². The summed E-state index contributed by atoms with van der Waals surface area (Å²) in [6.45, 7) is 3.41. The SMILES string of the molecule is NC(=S)N1CCN(c2ncccn2)CC1. The number of piperazine rings is 1. The fourth-order valence-corrected chi connectivity index (χ4v) is 1.76. The lowest BCUT2D eigenvalue weighted by molar-refractivity contribution is 0.385. The van der Waals surface area contributed by atoms with E-state index in [2.05, 4.69) is 14.9 Å². The largest absolute Gasteiger partial charge is 0.376 e. The molecule has 0 bridgehead atoms. The van der Waals surface area contributed by atoms with Crippen LogP contribution in [0.3, 0.4) is 0 Å². The Bertz CT molecular complexity index is 334. The second-order valence-electron chi connectivity index (χ2n) is 3.36. The molecule has 0 aliphatic carbocycles. The number of hydrogen-bond donors (Lipinski definition) is 1. The maximum Gasteiger partial charge on any atom is 0.225 e. The van der Waals surface area contributed by atoms with Gasteiger partial charge in [-0.2, -0.15) is 0 Å². The van der Waals surface area contributed by atoms with Crippen molar-refractivity contribution in [2.75, 3.05) is 31.1 Å². The van der Waals surface area contributed by atoms with Crippen LogP contribution in [-0.2, 0) is 0 Å². The molecule has 1 saturated heterocycles. The summed E-state index contributed by atoms with van der Waals surface area (Å²) in [5.41, 5.74) is 5.56. The van der Waals surface area contributed by atoms with Gasteiger partial charge in [-0.3, -0.25) is 0 Å². The van der Waals surface area contributed by atoms with Gasteiger partial charge in [0, 0.05) is 38.6 Å². The first-order chi connectivity index (χ1) is 7.27. The highest BCUT2D eigenvalue weighted by Crippen LogP contribution is 2.08. The number of anilines is 1. The molecule has 0 unspecified atom stereocenters. The third-order valence-corrected chi connectivity index (χ3v) is 2.68. The zero-order chi connectivity index (χ0) is 10.7. The molecule has 80 valence electrons. The average molecular weight is 223 g/mol. The molecule has 1 fully saturated rings. The van der Waals surface area contributed by atoms with Crippen LogP contribution >= 0.6 is 12.2 Å². The maximum absolute atomic E-state index is 5.56. The zero-order valence-corrected chi connectivity index (χ0v) is 9.15. The molecule has 1 aliphatic heterocycles. The van der Waals surface area contributed by atoms with Crippen molar-refractivity contribution >= 4 is 23.3 Å². The number of aromatic nitrogens is 2. The van der Waals surface area contributed by atoms with Crippen LogP contribution in [0.1, 0.15) is 0 Å². The third kappa shape index (κ3) is 2.33. The Morgan fingerprint density at radius 2 is 1.80 bits per heavy atom. The second-order valence-corrected chi connectivity index (χ2v) is 3.78. The van der Waals surface area contributed by atoms with E-state index in [1.165, 1.54) is 0 Å². The minimum Gasteiger partial charge on any atom is -0.376 e. The molecule has 0 spiro atoms. The topological polar surface area (TPSA) is 58.3 Å². The van der Waals surface area contributed by atoms with Gasteiger partial charge in [-0.15, -0.1) is 0 Å². The molecule has 1 aliphatic rings. The Hall–Kier alpha value is -1.43. The van der Waals surface area contributed by atoms with Crippen molar-refractivity contribution in [3.8, 4) is 0 Å². The summed E-state index contributed by atoms with van der Waals surface area (Å²) >= 11 is 4.92. The van der Waals surface area contributed by atoms with Gasteiger partial charge in [0.1, 0.15) is 0 Å². The average Bonchev–Trinajstić information content (AvgIpc) is 2.30. The van der Waals surface area contributed by atoms with E-state index in [-0.39, 0.29) is 0 Å². The van der Waals surface area contributed by atoms with Crippen LogP contribution in [0.2, 0.25) is 0 Å². The highest BCUT2D eigenvalue weighted by Gasteiger charge is 2.18. The summed E-state index contributed by atoms with van der Waals surface area (Å²) < 4.78 is 0. The van der Waals surface area contributed by atoms with Crippen LogP contribution in [0.4, 0.5) is 5.95 Å². The molecule has 0 atom stereocenters. The van der Waals surface area contributed by atoms with Gasteiger partial charge in [-0.25, -0.2) is 9.97 Å². The summed E-state index contributed by atoms with van der Waals surface area (Å²) in [4.78, 5) is 12.5. The highest BCUT2D eigenvalue weighted by molar-refractivity contribution is 7.80. The van der Waals surface area contributed by atoms with E-state index in [9.17, 15) is 0 Å². The monoisotopic (exact) mass is 223 g/mol. The van der Waals surface area contributed by atoms with E-state index in [1.54, 1.807) is 12.4 Å². The Morgan fingerprint density at radius 3 is 2.33 bits per heavy atom. The second kappa shape index (κ2) is 4.39.